The fourth-order valence-electron chi connectivity index (χ4n) is 4.07. The number of hydrogen-bond donors (Lipinski definition) is 2. The Morgan fingerprint density at radius 3 is 2.88 bits per heavy atom. The van der Waals surface area contributed by atoms with Crippen LogP contribution in [0.3, 0.4) is 0 Å². The maximum atomic E-state index is 12.2. The third kappa shape index (κ3) is 2.89. The van der Waals surface area contributed by atoms with Crippen molar-refractivity contribution < 1.29 is 4.79 Å². The van der Waals surface area contributed by atoms with Gasteiger partial charge >= 0.3 is 0 Å². The van der Waals surface area contributed by atoms with Gasteiger partial charge in [0.25, 0.3) is 5.91 Å². The first-order chi connectivity index (χ1) is 12.6. The molecule has 4 rings (SSSR count). The molecule has 2 N–H and O–H groups in total. The van der Waals surface area contributed by atoms with Crippen LogP contribution in [0, 0.1) is 5.92 Å². The number of amides is 1. The molecule has 3 atom stereocenters. The quantitative estimate of drug-likeness (QED) is 0.676. The fraction of sp³-hybridized carbons (Fsp3) is 0.286. The highest BCUT2D eigenvalue weighted by Gasteiger charge is 2.39. The molecule has 2 aromatic rings. The molecule has 0 radical (unpaired) electrons. The third-order valence-corrected chi connectivity index (χ3v) is 6.11. The molecule has 1 aliphatic carbocycles. The van der Waals surface area contributed by atoms with E-state index in [0.29, 0.717) is 28.1 Å². The summed E-state index contributed by atoms with van der Waals surface area (Å²) >= 11 is 12.7. The molecule has 3 nitrogen and oxygen atoms in total. The molecule has 0 saturated carbocycles. The average molecular weight is 387 g/mol. The Balaban J connectivity index is 1.75. The van der Waals surface area contributed by atoms with Crippen molar-refractivity contribution in [3.05, 3.63) is 75.3 Å². The van der Waals surface area contributed by atoms with Gasteiger partial charge in [0.2, 0.25) is 0 Å². The van der Waals surface area contributed by atoms with E-state index in [1.165, 1.54) is 5.56 Å². The van der Waals surface area contributed by atoms with Gasteiger partial charge in [-0.3, -0.25) is 4.79 Å². The highest BCUT2D eigenvalue weighted by molar-refractivity contribution is 6.42. The van der Waals surface area contributed by atoms with Gasteiger partial charge < -0.3 is 10.6 Å². The normalized spacial score (nSPS) is 23.1. The minimum atomic E-state index is -0.0335. The van der Waals surface area contributed by atoms with Crippen LogP contribution in [0.25, 0.3) is 0 Å². The summed E-state index contributed by atoms with van der Waals surface area (Å²) in [4.78, 5) is 12.2. The van der Waals surface area contributed by atoms with Crippen molar-refractivity contribution in [2.45, 2.75) is 25.3 Å². The zero-order valence-corrected chi connectivity index (χ0v) is 15.9. The predicted molar refractivity (Wildman–Crippen MR) is 107 cm³/mol. The smallest absolute Gasteiger partial charge is 0.251 e. The van der Waals surface area contributed by atoms with Crippen LogP contribution in [-0.2, 0) is 0 Å². The number of carbonyl (C=O) groups is 1. The summed E-state index contributed by atoms with van der Waals surface area (Å²) in [5.74, 6) is 0.581. The zero-order valence-electron chi connectivity index (χ0n) is 14.4. The molecule has 2 aromatic carbocycles. The summed E-state index contributed by atoms with van der Waals surface area (Å²) in [6.07, 6.45) is 5.43. The van der Waals surface area contributed by atoms with Gasteiger partial charge in [0.1, 0.15) is 0 Å². The SMILES string of the molecule is CCNC(=O)c1ccc2c(c1)C1C=CCC1C(c1cccc(Cl)c1Cl)N2. The minimum Gasteiger partial charge on any atom is -0.378 e. The van der Waals surface area contributed by atoms with Crippen LogP contribution in [0.1, 0.15) is 46.8 Å². The topological polar surface area (TPSA) is 41.1 Å². The summed E-state index contributed by atoms with van der Waals surface area (Å²) in [6.45, 7) is 2.54. The first-order valence-electron chi connectivity index (χ1n) is 8.89. The van der Waals surface area contributed by atoms with E-state index in [4.69, 9.17) is 23.2 Å². The second-order valence-corrected chi connectivity index (χ2v) is 7.57. The lowest BCUT2D eigenvalue weighted by atomic mass is 9.76. The molecule has 134 valence electrons. The van der Waals surface area contributed by atoms with Crippen molar-refractivity contribution in [1.82, 2.24) is 5.32 Å². The van der Waals surface area contributed by atoms with Gasteiger partial charge in [0.05, 0.1) is 16.1 Å². The zero-order chi connectivity index (χ0) is 18.3. The summed E-state index contributed by atoms with van der Waals surface area (Å²) in [7, 11) is 0. The summed E-state index contributed by atoms with van der Waals surface area (Å²) in [5, 5.41) is 7.69. The lowest BCUT2D eigenvalue weighted by Gasteiger charge is -2.38. The van der Waals surface area contributed by atoms with Crippen molar-refractivity contribution in [2.24, 2.45) is 5.92 Å². The number of nitrogens with one attached hydrogen (secondary N) is 2. The molecule has 5 heteroatoms. The number of allylic oxidation sites excluding steroid dienone is 2. The van der Waals surface area contributed by atoms with Gasteiger partial charge in [-0.25, -0.2) is 0 Å². The molecule has 1 aliphatic heterocycles. The second-order valence-electron chi connectivity index (χ2n) is 6.78. The Kier molecular flexibility index (Phi) is 4.68. The Morgan fingerprint density at radius 2 is 2.08 bits per heavy atom. The van der Waals surface area contributed by atoms with E-state index in [2.05, 4.69) is 22.8 Å². The van der Waals surface area contributed by atoms with E-state index in [1.54, 1.807) is 0 Å². The largest absolute Gasteiger partial charge is 0.378 e. The van der Waals surface area contributed by atoms with Crippen LogP contribution in [-0.4, -0.2) is 12.5 Å². The van der Waals surface area contributed by atoms with Gasteiger partial charge in [0, 0.05) is 23.7 Å². The molecule has 2 aliphatic rings. The first kappa shape index (κ1) is 17.4. The molecule has 0 aromatic heterocycles. The van der Waals surface area contributed by atoms with Crippen LogP contribution in [0.4, 0.5) is 5.69 Å². The van der Waals surface area contributed by atoms with Crippen LogP contribution in [0.15, 0.2) is 48.6 Å². The van der Waals surface area contributed by atoms with Gasteiger partial charge in [-0.05, 0) is 54.7 Å². The number of rotatable bonds is 3. The summed E-state index contributed by atoms with van der Waals surface area (Å²) < 4.78 is 0. The molecule has 1 heterocycles. The summed E-state index contributed by atoms with van der Waals surface area (Å²) in [6, 6.07) is 11.7. The molecule has 1 amide bonds. The molecular weight excluding hydrogens is 367 g/mol. The van der Waals surface area contributed by atoms with Crippen molar-refractivity contribution in [3.8, 4) is 0 Å². The molecule has 0 spiro atoms. The van der Waals surface area contributed by atoms with Crippen LogP contribution >= 0.6 is 23.2 Å². The lowest BCUT2D eigenvalue weighted by molar-refractivity contribution is 0.0955. The first-order valence-corrected chi connectivity index (χ1v) is 9.65. The Morgan fingerprint density at radius 1 is 1.23 bits per heavy atom. The molecule has 26 heavy (non-hydrogen) atoms. The predicted octanol–water partition coefficient (Wildman–Crippen LogP) is 5.57. The van der Waals surface area contributed by atoms with Gasteiger partial charge in [-0.1, -0.05) is 47.5 Å². The number of carbonyl (C=O) groups excluding carboxylic acids is 1. The number of benzene rings is 2. The van der Waals surface area contributed by atoms with Crippen molar-refractivity contribution in [3.63, 3.8) is 0 Å². The number of halogens is 2. The van der Waals surface area contributed by atoms with E-state index in [-0.39, 0.29) is 17.9 Å². The van der Waals surface area contributed by atoms with E-state index in [9.17, 15) is 4.79 Å². The Bertz CT molecular complexity index is 894. The lowest BCUT2D eigenvalue weighted by Crippen LogP contribution is -2.30. The standard InChI is InChI=1S/C21H20Cl2N2O/c1-2-24-21(26)12-9-10-18-16(11-12)13-5-3-6-14(13)20(25-18)15-7-4-8-17(22)19(15)23/h3-5,7-11,13-14,20,25H,2,6H2,1H3,(H,24,26). The van der Waals surface area contributed by atoms with Crippen molar-refractivity contribution >= 4 is 34.8 Å². The maximum absolute atomic E-state index is 12.2. The average Bonchev–Trinajstić information content (AvgIpc) is 3.13. The van der Waals surface area contributed by atoms with Gasteiger partial charge in [-0.15, -0.1) is 0 Å². The van der Waals surface area contributed by atoms with Gasteiger partial charge in [0.15, 0.2) is 0 Å². The molecule has 0 saturated heterocycles. The second kappa shape index (κ2) is 6.98. The van der Waals surface area contributed by atoms with Gasteiger partial charge in [-0.2, -0.15) is 0 Å². The minimum absolute atomic E-state index is 0.0335. The Labute approximate surface area is 163 Å². The molecule has 3 unspecified atom stereocenters. The fourth-order valence-corrected chi connectivity index (χ4v) is 4.49. The highest BCUT2D eigenvalue weighted by Crippen LogP contribution is 2.51. The van der Waals surface area contributed by atoms with Crippen molar-refractivity contribution in [1.29, 1.82) is 0 Å². The van der Waals surface area contributed by atoms with E-state index >= 15 is 0 Å². The number of anilines is 1. The molecule has 0 bridgehead atoms. The molecular formula is C21H20Cl2N2O. The third-order valence-electron chi connectivity index (χ3n) is 5.28. The number of fused-ring (bicyclic) bond motifs is 3. The summed E-state index contributed by atoms with van der Waals surface area (Å²) in [5.41, 5.74) is 3.94. The monoisotopic (exact) mass is 386 g/mol. The Hall–Kier alpha value is -1.97. The van der Waals surface area contributed by atoms with E-state index in [1.807, 2.05) is 43.3 Å². The van der Waals surface area contributed by atoms with E-state index < -0.39 is 0 Å². The van der Waals surface area contributed by atoms with Crippen LogP contribution in [0.5, 0.6) is 0 Å². The number of hydrogen-bond acceptors (Lipinski definition) is 2. The van der Waals surface area contributed by atoms with E-state index in [0.717, 1.165) is 17.7 Å². The van der Waals surface area contributed by atoms with Crippen LogP contribution < -0.4 is 10.6 Å². The van der Waals surface area contributed by atoms with Crippen molar-refractivity contribution in [2.75, 3.05) is 11.9 Å². The maximum Gasteiger partial charge on any atom is 0.251 e. The molecule has 0 fully saturated rings. The van der Waals surface area contributed by atoms with Crippen LogP contribution in [0.2, 0.25) is 10.0 Å². The highest BCUT2D eigenvalue weighted by atomic mass is 35.5.